The molecule has 1 N–H and O–H groups in total. The topological polar surface area (TPSA) is 70.5 Å². The van der Waals surface area contributed by atoms with Crippen LogP contribution in [0.1, 0.15) is 21.7 Å². The first-order chi connectivity index (χ1) is 15.4. The van der Waals surface area contributed by atoms with E-state index in [4.69, 9.17) is 11.6 Å². The van der Waals surface area contributed by atoms with Crippen LogP contribution in [0.3, 0.4) is 0 Å². The van der Waals surface area contributed by atoms with Gasteiger partial charge in [0, 0.05) is 36.9 Å². The molecule has 7 nitrogen and oxygen atoms in total. The van der Waals surface area contributed by atoms with Crippen molar-refractivity contribution in [2.45, 2.75) is 13.8 Å². The second-order valence-electron chi connectivity index (χ2n) is 7.82. The van der Waals surface area contributed by atoms with Gasteiger partial charge in [-0.25, -0.2) is 4.68 Å². The van der Waals surface area contributed by atoms with Gasteiger partial charge in [0.15, 0.2) is 0 Å². The van der Waals surface area contributed by atoms with E-state index < -0.39 is 0 Å². The van der Waals surface area contributed by atoms with Gasteiger partial charge in [-0.15, -0.1) is 0 Å². The molecule has 0 saturated carbocycles. The van der Waals surface area contributed by atoms with E-state index in [-0.39, 0.29) is 18.4 Å². The zero-order valence-electron chi connectivity index (χ0n) is 18.2. The second kappa shape index (κ2) is 9.44. The number of hydrogen-bond acceptors (Lipinski definition) is 4. The van der Waals surface area contributed by atoms with Crippen LogP contribution < -0.4 is 10.2 Å². The number of amides is 2. The summed E-state index contributed by atoms with van der Waals surface area (Å²) >= 11 is 5.96. The van der Waals surface area contributed by atoms with Crippen LogP contribution in [0.5, 0.6) is 0 Å². The lowest BCUT2D eigenvalue weighted by Crippen LogP contribution is -2.51. The number of rotatable bonds is 5. The quantitative estimate of drug-likeness (QED) is 0.646. The predicted molar refractivity (Wildman–Crippen MR) is 126 cm³/mol. The highest BCUT2D eigenvalue weighted by Gasteiger charge is 2.24. The molecule has 1 aliphatic rings. The highest BCUT2D eigenvalue weighted by molar-refractivity contribution is 6.30. The number of nitrogens with one attached hydrogen (secondary N) is 1. The van der Waals surface area contributed by atoms with Crippen molar-refractivity contribution in [2.75, 3.05) is 37.6 Å². The Labute approximate surface area is 192 Å². The van der Waals surface area contributed by atoms with Gasteiger partial charge < -0.3 is 15.1 Å². The molecule has 1 fully saturated rings. The van der Waals surface area contributed by atoms with Crippen LogP contribution in [0.4, 0.5) is 5.69 Å². The number of aromatic nitrogens is 2. The molecular formula is C24H26ClN5O2. The van der Waals surface area contributed by atoms with Gasteiger partial charge in [-0.05, 0) is 50.2 Å². The van der Waals surface area contributed by atoms with Gasteiger partial charge in [0.2, 0.25) is 5.91 Å². The lowest BCUT2D eigenvalue weighted by molar-refractivity contribution is -0.130. The lowest BCUT2D eigenvalue weighted by atomic mass is 10.2. The maximum atomic E-state index is 12.8. The third-order valence-electron chi connectivity index (χ3n) is 5.74. The zero-order valence-corrected chi connectivity index (χ0v) is 19.0. The summed E-state index contributed by atoms with van der Waals surface area (Å²) in [5.74, 6) is -0.366. The maximum absolute atomic E-state index is 12.8. The first kappa shape index (κ1) is 21.9. The van der Waals surface area contributed by atoms with Crippen LogP contribution in [-0.2, 0) is 4.79 Å². The molecule has 4 rings (SSSR count). The number of carbonyl (C=O) groups excluding carboxylic acids is 2. The highest BCUT2D eigenvalue weighted by atomic mass is 35.5. The molecule has 0 radical (unpaired) electrons. The van der Waals surface area contributed by atoms with Crippen molar-refractivity contribution in [3.05, 3.63) is 76.6 Å². The smallest absolute Gasteiger partial charge is 0.255 e. The zero-order chi connectivity index (χ0) is 22.7. The number of nitrogens with zero attached hydrogens (tertiary/aromatic N) is 4. The maximum Gasteiger partial charge on any atom is 0.255 e. The van der Waals surface area contributed by atoms with Crippen LogP contribution in [0.25, 0.3) is 5.69 Å². The van der Waals surface area contributed by atoms with Crippen molar-refractivity contribution < 1.29 is 9.59 Å². The molecule has 0 spiro atoms. The second-order valence-corrected chi connectivity index (χ2v) is 8.26. The van der Waals surface area contributed by atoms with Crippen LogP contribution in [0, 0.1) is 13.8 Å². The number of anilines is 1. The van der Waals surface area contributed by atoms with E-state index in [2.05, 4.69) is 15.3 Å². The molecule has 0 aliphatic carbocycles. The van der Waals surface area contributed by atoms with Crippen molar-refractivity contribution in [2.24, 2.45) is 0 Å². The van der Waals surface area contributed by atoms with Crippen molar-refractivity contribution in [1.29, 1.82) is 0 Å². The summed E-state index contributed by atoms with van der Waals surface area (Å²) < 4.78 is 1.75. The average molecular weight is 452 g/mol. The first-order valence-electron chi connectivity index (χ1n) is 10.6. The number of halogens is 1. The molecule has 2 aromatic carbocycles. The molecule has 3 aromatic rings. The summed E-state index contributed by atoms with van der Waals surface area (Å²) in [6.07, 6.45) is 0. The van der Waals surface area contributed by atoms with Crippen molar-refractivity contribution in [3.63, 3.8) is 0 Å². The van der Waals surface area contributed by atoms with Gasteiger partial charge in [-0.1, -0.05) is 29.8 Å². The van der Waals surface area contributed by atoms with Gasteiger partial charge in [-0.2, -0.15) is 5.10 Å². The minimum atomic E-state index is -0.282. The summed E-state index contributed by atoms with van der Waals surface area (Å²) in [4.78, 5) is 29.5. The number of aryl methyl sites for hydroxylation is 1. The molecule has 8 heteroatoms. The largest absolute Gasteiger partial charge is 0.368 e. The summed E-state index contributed by atoms with van der Waals surface area (Å²) in [7, 11) is 0. The number of para-hydroxylation sites is 1. The molecule has 166 valence electrons. The number of piperazine rings is 1. The Balaban J connectivity index is 1.33. The third kappa shape index (κ3) is 4.62. The Morgan fingerprint density at radius 2 is 1.59 bits per heavy atom. The Bertz CT molecular complexity index is 1100. The summed E-state index contributed by atoms with van der Waals surface area (Å²) in [6, 6.07) is 17.4. The molecule has 1 aliphatic heterocycles. The van der Waals surface area contributed by atoms with E-state index >= 15 is 0 Å². The standard InChI is InChI=1S/C24H26ClN5O2/c1-17-23(18(2)30(27-17)21-6-4-3-5-7-21)24(32)26-16-22(31)29-14-12-28(13-15-29)20-10-8-19(25)9-11-20/h3-11H,12-16H2,1-2H3,(H,26,32). The fourth-order valence-corrected chi connectivity index (χ4v) is 4.14. The first-order valence-corrected chi connectivity index (χ1v) is 11.0. The molecule has 0 bridgehead atoms. The van der Waals surface area contributed by atoms with E-state index in [9.17, 15) is 9.59 Å². The SMILES string of the molecule is Cc1nn(-c2ccccc2)c(C)c1C(=O)NCC(=O)N1CCN(c2ccc(Cl)cc2)CC1. The minimum absolute atomic E-state index is 0.0326. The van der Waals surface area contributed by atoms with Crippen LogP contribution in [-0.4, -0.2) is 59.2 Å². The number of carbonyl (C=O) groups is 2. The molecule has 0 atom stereocenters. The van der Waals surface area contributed by atoms with Crippen molar-refractivity contribution in [1.82, 2.24) is 20.0 Å². The van der Waals surface area contributed by atoms with Gasteiger partial charge in [0.1, 0.15) is 0 Å². The average Bonchev–Trinajstić information content (AvgIpc) is 3.12. The predicted octanol–water partition coefficient (Wildman–Crippen LogP) is 3.22. The van der Waals surface area contributed by atoms with Crippen LogP contribution >= 0.6 is 11.6 Å². The number of hydrogen-bond donors (Lipinski definition) is 1. The lowest BCUT2D eigenvalue weighted by Gasteiger charge is -2.36. The van der Waals surface area contributed by atoms with Crippen molar-refractivity contribution >= 4 is 29.1 Å². The van der Waals surface area contributed by atoms with Gasteiger partial charge >= 0.3 is 0 Å². The Morgan fingerprint density at radius 3 is 2.25 bits per heavy atom. The molecule has 2 amide bonds. The van der Waals surface area contributed by atoms with E-state index in [1.807, 2.05) is 61.5 Å². The normalized spacial score (nSPS) is 13.8. The van der Waals surface area contributed by atoms with Crippen molar-refractivity contribution in [3.8, 4) is 5.69 Å². The van der Waals surface area contributed by atoms with E-state index in [1.165, 1.54) is 0 Å². The Hall–Kier alpha value is -3.32. The summed E-state index contributed by atoms with van der Waals surface area (Å²) in [5.41, 5.74) is 3.87. The Kier molecular flexibility index (Phi) is 6.46. The van der Waals surface area contributed by atoms with Gasteiger partial charge in [-0.3, -0.25) is 9.59 Å². The molecule has 1 saturated heterocycles. The number of benzene rings is 2. The van der Waals surface area contributed by atoms with Gasteiger partial charge in [0.25, 0.3) is 5.91 Å². The molecule has 2 heterocycles. The fourth-order valence-electron chi connectivity index (χ4n) is 4.01. The monoisotopic (exact) mass is 451 g/mol. The minimum Gasteiger partial charge on any atom is -0.368 e. The molecule has 1 aromatic heterocycles. The summed E-state index contributed by atoms with van der Waals surface area (Å²) in [5, 5.41) is 7.99. The van der Waals surface area contributed by atoms with Crippen LogP contribution in [0.15, 0.2) is 54.6 Å². The van der Waals surface area contributed by atoms with E-state index in [0.717, 1.165) is 30.2 Å². The Morgan fingerprint density at radius 1 is 0.938 bits per heavy atom. The summed E-state index contributed by atoms with van der Waals surface area (Å²) in [6.45, 7) is 6.34. The third-order valence-corrected chi connectivity index (χ3v) is 6.00. The van der Waals surface area contributed by atoms with E-state index in [0.29, 0.717) is 29.4 Å². The molecule has 32 heavy (non-hydrogen) atoms. The molecular weight excluding hydrogens is 426 g/mol. The van der Waals surface area contributed by atoms with Crippen LogP contribution in [0.2, 0.25) is 5.02 Å². The molecule has 0 unspecified atom stereocenters. The fraction of sp³-hybridized carbons (Fsp3) is 0.292. The van der Waals surface area contributed by atoms with E-state index in [1.54, 1.807) is 16.5 Å². The van der Waals surface area contributed by atoms with Gasteiger partial charge in [0.05, 0.1) is 29.2 Å². The highest BCUT2D eigenvalue weighted by Crippen LogP contribution is 2.20.